The molecule has 0 bridgehead atoms. The molecule has 2 nitrogen and oxygen atoms in total. The molecule has 0 N–H and O–H groups in total. The third kappa shape index (κ3) is 50.4. The average Bonchev–Trinajstić information content (AvgIpc) is 3.11. The number of unbranched alkanes of at least 4 members (excludes halogenated alkanes) is 1. The van der Waals surface area contributed by atoms with E-state index in [1.165, 1.54) is 6.42 Å². The van der Waals surface area contributed by atoms with E-state index < -0.39 is 0 Å². The summed E-state index contributed by atoms with van der Waals surface area (Å²) in [6.45, 7) is 14.6. The molecule has 0 unspecified atom stereocenters. The topological polar surface area (TPSA) is 28.2 Å². The van der Waals surface area contributed by atoms with Gasteiger partial charge < -0.3 is 17.6 Å². The fourth-order valence-corrected chi connectivity index (χ4v) is 0.781. The smallest absolute Gasteiger partial charge is 0.665 e. The summed E-state index contributed by atoms with van der Waals surface area (Å²) >= 11 is 0. The Balaban J connectivity index is -0.0000000977. The Hall–Kier alpha value is -0.406. The van der Waals surface area contributed by atoms with Gasteiger partial charge in [0, 0.05) is 0 Å². The van der Waals surface area contributed by atoms with Crippen molar-refractivity contribution in [3.05, 3.63) is 67.2 Å². The monoisotopic (exact) mass is 338 g/mol. The number of hydrogen-bond donors (Lipinski definition) is 0. The second kappa shape index (κ2) is 37.1. The van der Waals surface area contributed by atoms with E-state index in [0.717, 1.165) is 38.8 Å². The number of rotatable bonds is 7. The SMILES string of the molecule is C=CCC[N-]C.C=CCC[N-]C.[C-]1=CC=CC1.[CH2-]CCC.[Ti+4]. The molecule has 124 valence electrons. The van der Waals surface area contributed by atoms with Gasteiger partial charge in [-0.05, 0) is 0 Å². The molecule has 0 aliphatic heterocycles. The molecule has 0 saturated heterocycles. The van der Waals surface area contributed by atoms with Gasteiger partial charge in [0.2, 0.25) is 0 Å². The van der Waals surface area contributed by atoms with Crippen LogP contribution in [0.4, 0.5) is 0 Å². The van der Waals surface area contributed by atoms with E-state index >= 15 is 0 Å². The zero-order valence-corrected chi connectivity index (χ0v) is 16.4. The van der Waals surface area contributed by atoms with Gasteiger partial charge >= 0.3 is 21.7 Å². The van der Waals surface area contributed by atoms with Crippen LogP contribution in [0.15, 0.2) is 43.5 Å². The minimum Gasteiger partial charge on any atom is -0.665 e. The molecule has 3 heteroatoms. The predicted molar refractivity (Wildman–Crippen MR) is 99.8 cm³/mol. The van der Waals surface area contributed by atoms with Gasteiger partial charge in [-0.25, -0.2) is 12.2 Å². The van der Waals surface area contributed by atoms with Crippen LogP contribution >= 0.6 is 0 Å². The van der Waals surface area contributed by atoms with Gasteiger partial charge in [-0.1, -0.05) is 38.3 Å². The van der Waals surface area contributed by atoms with Crippen molar-refractivity contribution in [2.75, 3.05) is 27.2 Å². The van der Waals surface area contributed by atoms with Gasteiger partial charge in [-0.15, -0.1) is 32.7 Å². The first-order chi connectivity index (χ1) is 10.2. The predicted octanol–water partition coefficient (Wildman–Crippen LogP) is 6.06. The Morgan fingerprint density at radius 1 is 1.14 bits per heavy atom. The van der Waals surface area contributed by atoms with E-state index in [2.05, 4.69) is 49.8 Å². The Bertz CT molecular complexity index is 212. The van der Waals surface area contributed by atoms with Gasteiger partial charge in [-0.3, -0.25) is 6.08 Å². The molecule has 0 aromatic carbocycles. The fraction of sp³-hybridized carbons (Fsp3) is 0.526. The zero-order chi connectivity index (χ0) is 16.6. The Kier molecular flexibility index (Phi) is 49.9. The molecule has 0 spiro atoms. The molecule has 0 fully saturated rings. The molecular weight excluding hydrogens is 304 g/mol. The van der Waals surface area contributed by atoms with Crippen molar-refractivity contribution in [3.63, 3.8) is 0 Å². The Labute approximate surface area is 155 Å². The average molecular weight is 338 g/mol. The molecule has 0 saturated carbocycles. The summed E-state index contributed by atoms with van der Waals surface area (Å²) in [6, 6.07) is 0. The standard InChI is InChI=1S/2C5H10N.C5H5.C4H9.Ti/c2*1-3-4-5-6-2;1-2-4-5-3-1;1-3-4-2;/h2*3H,1,4-5H2,2H3;1-3H,4H2;1,3-4H2,2H3;/q4*-1;+4. The maximum Gasteiger partial charge on any atom is 4.00 e. The van der Waals surface area contributed by atoms with Crippen LogP contribution in [0, 0.1) is 13.0 Å². The molecule has 1 aliphatic carbocycles. The van der Waals surface area contributed by atoms with E-state index in [1.54, 1.807) is 0 Å². The van der Waals surface area contributed by atoms with Crippen LogP contribution in [0.2, 0.25) is 0 Å². The summed E-state index contributed by atoms with van der Waals surface area (Å²) in [5.41, 5.74) is 0. The molecule has 1 rings (SSSR count). The molecule has 0 aromatic heterocycles. The first-order valence-electron chi connectivity index (χ1n) is 7.58. The van der Waals surface area contributed by atoms with Crippen molar-refractivity contribution in [3.8, 4) is 0 Å². The first kappa shape index (κ1) is 29.6. The first-order valence-corrected chi connectivity index (χ1v) is 7.58. The number of nitrogens with zero attached hydrogens (tertiary/aromatic N) is 2. The number of allylic oxidation sites excluding steroid dienone is 4. The van der Waals surface area contributed by atoms with Crippen molar-refractivity contribution in [1.29, 1.82) is 0 Å². The summed E-state index contributed by atoms with van der Waals surface area (Å²) in [4.78, 5) is 0. The molecule has 0 atom stereocenters. The molecule has 22 heavy (non-hydrogen) atoms. The number of hydrogen-bond acceptors (Lipinski definition) is 0. The van der Waals surface area contributed by atoms with Crippen LogP contribution in [0.25, 0.3) is 10.6 Å². The molecule has 0 radical (unpaired) electrons. The van der Waals surface area contributed by atoms with E-state index in [0.29, 0.717) is 0 Å². The molecule has 0 heterocycles. The summed E-state index contributed by atoms with van der Waals surface area (Å²) in [7, 11) is 3.62. The summed E-state index contributed by atoms with van der Waals surface area (Å²) in [5.74, 6) is 0. The zero-order valence-electron chi connectivity index (χ0n) is 14.9. The summed E-state index contributed by atoms with van der Waals surface area (Å²) < 4.78 is 0. The van der Waals surface area contributed by atoms with Crippen molar-refractivity contribution >= 4 is 0 Å². The van der Waals surface area contributed by atoms with Crippen LogP contribution in [-0.2, 0) is 21.7 Å². The van der Waals surface area contributed by atoms with Crippen LogP contribution in [0.3, 0.4) is 0 Å². The normalized spacial score (nSPS) is 9.82. The molecule has 0 amide bonds. The van der Waals surface area contributed by atoms with Gasteiger partial charge in [0.1, 0.15) is 0 Å². The Morgan fingerprint density at radius 3 is 1.68 bits per heavy atom. The van der Waals surface area contributed by atoms with Gasteiger partial charge in [0.15, 0.2) is 0 Å². The fourth-order valence-electron chi connectivity index (χ4n) is 0.781. The van der Waals surface area contributed by atoms with Crippen molar-refractivity contribution in [2.45, 2.75) is 39.0 Å². The maximum absolute atomic E-state index is 3.85. The quantitative estimate of drug-likeness (QED) is 0.234. The third-order valence-electron chi connectivity index (χ3n) is 2.05. The molecule has 1 aliphatic rings. The van der Waals surface area contributed by atoms with Crippen LogP contribution < -0.4 is 0 Å². The van der Waals surface area contributed by atoms with Crippen LogP contribution in [0.1, 0.15) is 39.0 Å². The van der Waals surface area contributed by atoms with Gasteiger partial charge in [0.25, 0.3) is 0 Å². The minimum absolute atomic E-state index is 0. The van der Waals surface area contributed by atoms with Gasteiger partial charge in [-0.2, -0.15) is 26.6 Å². The minimum atomic E-state index is 0. The summed E-state index contributed by atoms with van der Waals surface area (Å²) in [5, 5.41) is 7.71. The van der Waals surface area contributed by atoms with Crippen molar-refractivity contribution in [2.24, 2.45) is 0 Å². The van der Waals surface area contributed by atoms with Crippen molar-refractivity contribution < 1.29 is 21.7 Å². The molecule has 0 aromatic rings. The van der Waals surface area contributed by atoms with E-state index in [-0.39, 0.29) is 21.7 Å². The van der Waals surface area contributed by atoms with Gasteiger partial charge in [0.05, 0.1) is 0 Å². The van der Waals surface area contributed by atoms with E-state index in [1.807, 2.05) is 38.4 Å². The largest absolute Gasteiger partial charge is 4.00 e. The Morgan fingerprint density at radius 2 is 1.59 bits per heavy atom. The second-order valence-electron chi connectivity index (χ2n) is 4.09. The third-order valence-corrected chi connectivity index (χ3v) is 2.05. The van der Waals surface area contributed by atoms with Crippen LogP contribution in [0.5, 0.6) is 0 Å². The van der Waals surface area contributed by atoms with E-state index in [4.69, 9.17) is 0 Å². The van der Waals surface area contributed by atoms with Crippen molar-refractivity contribution in [1.82, 2.24) is 0 Å². The van der Waals surface area contributed by atoms with E-state index in [9.17, 15) is 0 Å². The van der Waals surface area contributed by atoms with Crippen LogP contribution in [-0.4, -0.2) is 27.2 Å². The maximum atomic E-state index is 3.85. The molecular formula is C19H34N2Ti. The summed E-state index contributed by atoms with van der Waals surface area (Å²) in [6.07, 6.45) is 18.0. The second-order valence-corrected chi connectivity index (χ2v) is 4.09.